The van der Waals surface area contributed by atoms with Gasteiger partial charge in [0.2, 0.25) is 0 Å². The summed E-state index contributed by atoms with van der Waals surface area (Å²) in [5.74, 6) is 0. The maximum atomic E-state index is 5.96. The quantitative estimate of drug-likeness (QED) is 0.490. The Balaban J connectivity index is 1.65. The van der Waals surface area contributed by atoms with Crippen molar-refractivity contribution in [3.05, 3.63) is 61.8 Å². The molecular formula is C22H32O4. The van der Waals surface area contributed by atoms with Crippen LogP contribution in [0.25, 0.3) is 0 Å². The van der Waals surface area contributed by atoms with E-state index in [4.69, 9.17) is 18.9 Å². The molecule has 0 heterocycles. The minimum atomic E-state index is 0.102. The lowest BCUT2D eigenvalue weighted by molar-refractivity contribution is -0.0606. The van der Waals surface area contributed by atoms with E-state index in [2.05, 4.69) is 37.5 Å². The molecule has 26 heavy (non-hydrogen) atoms. The molecule has 0 aromatic rings. The average Bonchev–Trinajstić information content (AvgIpc) is 2.69. The highest BCUT2D eigenvalue weighted by Crippen LogP contribution is 2.20. The summed E-state index contributed by atoms with van der Waals surface area (Å²) >= 11 is 0. The molecule has 4 heteroatoms. The Hall–Kier alpha value is -1.46. The van der Waals surface area contributed by atoms with Crippen LogP contribution in [-0.2, 0) is 18.9 Å². The molecule has 0 spiro atoms. The van der Waals surface area contributed by atoms with Crippen LogP contribution in [0, 0.1) is 0 Å². The first-order valence-electron chi connectivity index (χ1n) is 9.48. The van der Waals surface area contributed by atoms with Crippen LogP contribution in [0.5, 0.6) is 0 Å². The van der Waals surface area contributed by atoms with Crippen LogP contribution in [0.15, 0.2) is 61.8 Å². The van der Waals surface area contributed by atoms with Crippen molar-refractivity contribution in [1.82, 2.24) is 0 Å². The molecular weight excluding hydrogens is 328 g/mol. The van der Waals surface area contributed by atoms with Crippen LogP contribution in [0.2, 0.25) is 0 Å². The summed E-state index contributed by atoms with van der Waals surface area (Å²) in [4.78, 5) is 0. The normalized spacial score (nSPS) is 28.5. The number of hydrogen-bond acceptors (Lipinski definition) is 4. The summed E-state index contributed by atoms with van der Waals surface area (Å²) < 4.78 is 23.5. The van der Waals surface area contributed by atoms with Crippen molar-refractivity contribution in [2.45, 2.75) is 50.1 Å². The largest absolute Gasteiger partial charge is 0.371 e. The van der Waals surface area contributed by atoms with Crippen molar-refractivity contribution in [1.29, 1.82) is 0 Å². The zero-order valence-electron chi connectivity index (χ0n) is 15.6. The van der Waals surface area contributed by atoms with Crippen LogP contribution in [0.4, 0.5) is 0 Å². The molecule has 4 atom stereocenters. The molecule has 0 saturated heterocycles. The molecule has 4 nitrogen and oxygen atoms in total. The number of hydrogen-bond donors (Lipinski definition) is 0. The van der Waals surface area contributed by atoms with E-state index < -0.39 is 0 Å². The van der Waals surface area contributed by atoms with Gasteiger partial charge in [-0.3, -0.25) is 0 Å². The van der Waals surface area contributed by atoms with Gasteiger partial charge in [-0.2, -0.15) is 0 Å². The van der Waals surface area contributed by atoms with E-state index in [0.29, 0.717) is 26.4 Å². The second-order valence-corrected chi connectivity index (χ2v) is 6.42. The second kappa shape index (κ2) is 12.8. The third-order valence-corrected chi connectivity index (χ3v) is 4.47. The van der Waals surface area contributed by atoms with E-state index in [-0.39, 0.29) is 24.4 Å². The Morgan fingerprint density at radius 2 is 0.885 bits per heavy atom. The van der Waals surface area contributed by atoms with Crippen molar-refractivity contribution in [2.24, 2.45) is 0 Å². The predicted molar refractivity (Wildman–Crippen MR) is 105 cm³/mol. The Labute approximate surface area is 157 Å². The van der Waals surface area contributed by atoms with Gasteiger partial charge in [-0.1, -0.05) is 48.6 Å². The first kappa shape index (κ1) is 20.8. The van der Waals surface area contributed by atoms with Crippen molar-refractivity contribution < 1.29 is 18.9 Å². The van der Waals surface area contributed by atoms with Crippen LogP contribution >= 0.6 is 0 Å². The summed E-state index contributed by atoms with van der Waals surface area (Å²) in [7, 11) is 0. The highest BCUT2D eigenvalue weighted by atomic mass is 16.5. The maximum absolute atomic E-state index is 5.96. The third-order valence-electron chi connectivity index (χ3n) is 4.47. The zero-order chi connectivity index (χ0) is 18.5. The molecule has 0 N–H and O–H groups in total. The summed E-state index contributed by atoms with van der Waals surface area (Å²) in [5.41, 5.74) is 0. The van der Waals surface area contributed by atoms with E-state index in [0.717, 1.165) is 25.7 Å². The van der Waals surface area contributed by atoms with E-state index in [1.807, 2.05) is 12.2 Å². The SMILES string of the molecule is C=CCO[C@@H]1CC=CC[C@@H]1OC/C=C/CO[C@H]1CC=CC[C@H]1OCC=C. The molecule has 2 aliphatic carbocycles. The molecule has 0 aliphatic heterocycles. The van der Waals surface area contributed by atoms with E-state index in [1.54, 1.807) is 12.2 Å². The molecule has 0 bridgehead atoms. The highest BCUT2D eigenvalue weighted by Gasteiger charge is 2.24. The lowest BCUT2D eigenvalue weighted by Gasteiger charge is -2.28. The minimum Gasteiger partial charge on any atom is -0.371 e. The predicted octanol–water partition coefficient (Wildman–Crippen LogP) is 4.16. The average molecular weight is 360 g/mol. The van der Waals surface area contributed by atoms with Gasteiger partial charge in [0.1, 0.15) is 0 Å². The molecule has 0 saturated carbocycles. The summed E-state index contributed by atoms with van der Waals surface area (Å²) in [6, 6.07) is 0. The van der Waals surface area contributed by atoms with E-state index in [1.165, 1.54) is 0 Å². The lowest BCUT2D eigenvalue weighted by Crippen LogP contribution is -2.33. The van der Waals surface area contributed by atoms with Crippen LogP contribution in [0.3, 0.4) is 0 Å². The summed E-state index contributed by atoms with van der Waals surface area (Å²) in [5, 5.41) is 0. The van der Waals surface area contributed by atoms with Gasteiger partial charge in [0.15, 0.2) is 0 Å². The Morgan fingerprint density at radius 1 is 0.577 bits per heavy atom. The highest BCUT2D eigenvalue weighted by molar-refractivity contribution is 4.98. The molecule has 2 rings (SSSR count). The molecule has 2 aliphatic rings. The van der Waals surface area contributed by atoms with Crippen molar-refractivity contribution in [3.63, 3.8) is 0 Å². The van der Waals surface area contributed by atoms with Gasteiger partial charge in [-0.15, -0.1) is 13.2 Å². The summed E-state index contributed by atoms with van der Waals surface area (Å²) in [6.07, 6.45) is 20.2. The van der Waals surface area contributed by atoms with E-state index in [9.17, 15) is 0 Å². The van der Waals surface area contributed by atoms with Gasteiger partial charge in [0.25, 0.3) is 0 Å². The molecule has 0 radical (unpaired) electrons. The lowest BCUT2D eigenvalue weighted by atomic mass is 10.0. The molecule has 0 amide bonds. The van der Waals surface area contributed by atoms with Gasteiger partial charge < -0.3 is 18.9 Å². The second-order valence-electron chi connectivity index (χ2n) is 6.42. The van der Waals surface area contributed by atoms with Gasteiger partial charge >= 0.3 is 0 Å². The summed E-state index contributed by atoms with van der Waals surface area (Å²) in [6.45, 7) is 9.66. The molecule has 144 valence electrons. The zero-order valence-corrected chi connectivity index (χ0v) is 15.6. The molecule has 0 fully saturated rings. The first-order chi connectivity index (χ1) is 12.8. The van der Waals surface area contributed by atoms with Gasteiger partial charge in [-0.05, 0) is 25.7 Å². The van der Waals surface area contributed by atoms with Crippen molar-refractivity contribution in [2.75, 3.05) is 26.4 Å². The van der Waals surface area contributed by atoms with Gasteiger partial charge in [-0.25, -0.2) is 0 Å². The number of rotatable bonds is 12. The standard InChI is InChI=1S/C22H32O4/c1-3-15-23-19-11-5-7-13-21(19)25-17-9-10-18-26-22-14-8-6-12-20(22)24-16-4-2/h3-10,19-22H,1-2,11-18H2/b10-9+/t19-,20-,21+,22+/m1/s1. The first-order valence-corrected chi connectivity index (χ1v) is 9.48. The fraction of sp³-hybridized carbons (Fsp3) is 0.545. The maximum Gasteiger partial charge on any atom is 0.0878 e. The van der Waals surface area contributed by atoms with Gasteiger partial charge in [0, 0.05) is 0 Å². The minimum absolute atomic E-state index is 0.102. The van der Waals surface area contributed by atoms with Crippen molar-refractivity contribution >= 4 is 0 Å². The molecule has 0 unspecified atom stereocenters. The topological polar surface area (TPSA) is 36.9 Å². The Bertz CT molecular complexity index is 450. The smallest absolute Gasteiger partial charge is 0.0878 e. The Morgan fingerprint density at radius 3 is 1.19 bits per heavy atom. The molecule has 0 aromatic heterocycles. The van der Waals surface area contributed by atoms with Crippen LogP contribution < -0.4 is 0 Å². The molecule has 0 aromatic carbocycles. The third kappa shape index (κ3) is 7.42. The van der Waals surface area contributed by atoms with Crippen molar-refractivity contribution in [3.8, 4) is 0 Å². The van der Waals surface area contributed by atoms with Crippen LogP contribution in [-0.4, -0.2) is 50.8 Å². The van der Waals surface area contributed by atoms with Crippen LogP contribution in [0.1, 0.15) is 25.7 Å². The Kier molecular flexibility index (Phi) is 10.3. The van der Waals surface area contributed by atoms with E-state index >= 15 is 0 Å². The number of ether oxygens (including phenoxy) is 4. The fourth-order valence-electron chi connectivity index (χ4n) is 3.11. The monoisotopic (exact) mass is 360 g/mol. The van der Waals surface area contributed by atoms with Gasteiger partial charge in [0.05, 0.1) is 50.8 Å². The fourth-order valence-corrected chi connectivity index (χ4v) is 3.11.